The molecule has 1 aromatic heterocycles. The summed E-state index contributed by atoms with van der Waals surface area (Å²) in [4.78, 5) is 32.6. The fraction of sp³-hybridized carbons (Fsp3) is 0.700. The number of hydrogen-bond acceptors (Lipinski definition) is 5. The first-order valence-electron chi connectivity index (χ1n) is 9.67. The number of hydrogen-bond donors (Lipinski definition) is 1. The molecule has 2 aliphatic carbocycles. The topological polar surface area (TPSA) is 81.2 Å². The molecule has 0 unspecified atom stereocenters. The molecular formula is C20H27N3O3. The van der Waals surface area contributed by atoms with Gasteiger partial charge in [-0.1, -0.05) is 20.8 Å². The molecule has 2 saturated carbocycles. The van der Waals surface area contributed by atoms with E-state index in [1.165, 1.54) is 18.7 Å². The monoisotopic (exact) mass is 357 g/mol. The number of carbonyl (C=O) groups excluding carboxylic acids is 2. The number of fused-ring (bicyclic) bond motifs is 3. The zero-order chi connectivity index (χ0) is 18.5. The minimum absolute atomic E-state index is 0.00631. The first kappa shape index (κ1) is 17.4. The second-order valence-electron chi connectivity index (χ2n) is 8.68. The van der Waals surface area contributed by atoms with Crippen LogP contribution < -0.4 is 5.32 Å². The highest BCUT2D eigenvalue weighted by molar-refractivity contribution is 5.93. The summed E-state index contributed by atoms with van der Waals surface area (Å²) < 4.78 is 5.85. The molecule has 1 saturated heterocycles. The Morgan fingerprint density at radius 2 is 1.92 bits per heavy atom. The van der Waals surface area contributed by atoms with E-state index in [1.54, 1.807) is 0 Å². The van der Waals surface area contributed by atoms with E-state index in [9.17, 15) is 9.59 Å². The van der Waals surface area contributed by atoms with Gasteiger partial charge in [0.25, 0.3) is 5.91 Å². The summed E-state index contributed by atoms with van der Waals surface area (Å²) in [5.41, 5.74) is 0.664. The largest absolute Gasteiger partial charge is 0.462 e. The summed E-state index contributed by atoms with van der Waals surface area (Å²) in [6, 6.07) is 0.0779. The number of nitrogens with zero attached hydrogens (tertiary/aromatic N) is 2. The van der Waals surface area contributed by atoms with Gasteiger partial charge < -0.3 is 10.1 Å². The molecule has 3 fully saturated rings. The van der Waals surface area contributed by atoms with Crippen LogP contribution >= 0.6 is 0 Å². The second-order valence-corrected chi connectivity index (χ2v) is 8.68. The Labute approximate surface area is 154 Å². The molecule has 2 heterocycles. The fourth-order valence-electron chi connectivity index (χ4n) is 5.70. The van der Waals surface area contributed by atoms with E-state index < -0.39 is 0 Å². The minimum Gasteiger partial charge on any atom is -0.462 e. The predicted octanol–water partition coefficient (Wildman–Crippen LogP) is 2.60. The molecule has 1 aliphatic heterocycles. The van der Waals surface area contributed by atoms with E-state index in [0.29, 0.717) is 17.4 Å². The van der Waals surface area contributed by atoms with Crippen LogP contribution in [-0.4, -0.2) is 34.0 Å². The van der Waals surface area contributed by atoms with Crippen LogP contribution in [0, 0.1) is 29.1 Å². The molecule has 0 bridgehead atoms. The van der Waals surface area contributed by atoms with Gasteiger partial charge in [-0.05, 0) is 37.0 Å². The Kier molecular flexibility index (Phi) is 4.24. The normalized spacial score (nSPS) is 41.7. The van der Waals surface area contributed by atoms with E-state index in [2.05, 4.69) is 29.1 Å². The van der Waals surface area contributed by atoms with Crippen LogP contribution in [0.4, 0.5) is 0 Å². The molecule has 0 radical (unpaired) electrons. The van der Waals surface area contributed by atoms with Gasteiger partial charge in [0.05, 0.1) is 11.5 Å². The second kappa shape index (κ2) is 6.32. The maximum Gasteiger partial charge on any atom is 0.309 e. The van der Waals surface area contributed by atoms with Crippen LogP contribution in [0.1, 0.15) is 56.8 Å². The summed E-state index contributed by atoms with van der Waals surface area (Å²) in [7, 11) is 0. The van der Waals surface area contributed by atoms with Gasteiger partial charge in [-0.25, -0.2) is 9.97 Å². The molecular weight excluding hydrogens is 330 g/mol. The highest BCUT2D eigenvalue weighted by Gasteiger charge is 2.58. The summed E-state index contributed by atoms with van der Waals surface area (Å²) in [6.45, 7) is 6.54. The van der Waals surface area contributed by atoms with Crippen molar-refractivity contribution in [1.82, 2.24) is 15.3 Å². The molecule has 6 nitrogen and oxygen atoms in total. The molecule has 4 rings (SSSR count). The third-order valence-electron chi connectivity index (χ3n) is 7.26. The maximum absolute atomic E-state index is 12.6. The van der Waals surface area contributed by atoms with E-state index in [0.717, 1.165) is 25.7 Å². The Balaban J connectivity index is 1.54. The molecule has 0 aromatic carbocycles. The number of nitrogens with one attached hydrogen (secondary N) is 1. The van der Waals surface area contributed by atoms with Gasteiger partial charge in [-0.2, -0.15) is 0 Å². The van der Waals surface area contributed by atoms with Crippen molar-refractivity contribution in [2.24, 2.45) is 29.1 Å². The van der Waals surface area contributed by atoms with Crippen LogP contribution in [0.2, 0.25) is 0 Å². The smallest absolute Gasteiger partial charge is 0.309 e. The van der Waals surface area contributed by atoms with Crippen LogP contribution in [0.25, 0.3) is 0 Å². The molecule has 0 spiro atoms. The number of carbonyl (C=O) groups is 2. The quantitative estimate of drug-likeness (QED) is 0.823. The van der Waals surface area contributed by atoms with Gasteiger partial charge in [0.2, 0.25) is 0 Å². The summed E-state index contributed by atoms with van der Waals surface area (Å²) in [5.74, 6) is 0.682. The van der Waals surface area contributed by atoms with Crippen LogP contribution in [0.15, 0.2) is 18.7 Å². The number of rotatable bonds is 2. The van der Waals surface area contributed by atoms with Gasteiger partial charge in [0, 0.05) is 30.3 Å². The lowest BCUT2D eigenvalue weighted by Crippen LogP contribution is -2.57. The lowest BCUT2D eigenvalue weighted by Gasteiger charge is -2.54. The fourth-order valence-corrected chi connectivity index (χ4v) is 5.70. The number of amides is 1. The van der Waals surface area contributed by atoms with Crippen LogP contribution in [0.5, 0.6) is 0 Å². The van der Waals surface area contributed by atoms with Crippen LogP contribution in [-0.2, 0) is 9.53 Å². The highest BCUT2D eigenvalue weighted by Crippen LogP contribution is 2.57. The van der Waals surface area contributed by atoms with Gasteiger partial charge in [0.1, 0.15) is 12.4 Å². The predicted molar refractivity (Wildman–Crippen MR) is 95.0 cm³/mol. The first-order valence-corrected chi connectivity index (χ1v) is 9.67. The van der Waals surface area contributed by atoms with Crippen molar-refractivity contribution in [2.45, 2.75) is 58.6 Å². The van der Waals surface area contributed by atoms with Crippen molar-refractivity contribution in [1.29, 1.82) is 0 Å². The standard InChI is InChI=1S/C20H27N3O3/c1-11-14-4-6-20(3)7-5-15(12(2)16(20)17(14)26-19(11)25)23-18(24)13-8-21-10-22-9-13/h8-12,14-17H,4-7H2,1-3H3,(H,23,24)/t11-,12-,14-,15-,16+,17+,20+/m0/s1. The first-order chi connectivity index (χ1) is 12.4. The average molecular weight is 357 g/mol. The van der Waals surface area contributed by atoms with Gasteiger partial charge in [-0.15, -0.1) is 0 Å². The van der Waals surface area contributed by atoms with Crippen molar-refractivity contribution in [3.05, 3.63) is 24.3 Å². The van der Waals surface area contributed by atoms with Crippen molar-refractivity contribution in [3.8, 4) is 0 Å². The maximum atomic E-state index is 12.6. The molecule has 3 aliphatic rings. The van der Waals surface area contributed by atoms with Crippen molar-refractivity contribution < 1.29 is 14.3 Å². The Morgan fingerprint density at radius 1 is 1.23 bits per heavy atom. The van der Waals surface area contributed by atoms with Crippen LogP contribution in [0.3, 0.4) is 0 Å². The molecule has 26 heavy (non-hydrogen) atoms. The summed E-state index contributed by atoms with van der Waals surface area (Å²) in [5, 5.41) is 3.18. The Morgan fingerprint density at radius 3 is 2.65 bits per heavy atom. The molecule has 1 aromatic rings. The zero-order valence-electron chi connectivity index (χ0n) is 15.6. The average Bonchev–Trinajstić information content (AvgIpc) is 2.92. The van der Waals surface area contributed by atoms with E-state index in [1.807, 2.05) is 6.92 Å². The third-order valence-corrected chi connectivity index (χ3v) is 7.26. The summed E-state index contributed by atoms with van der Waals surface area (Å²) >= 11 is 0. The minimum atomic E-state index is -0.129. The SMILES string of the molecule is C[C@@H]1[C@@H]2[C@@H]3OC(=O)[C@@H](C)[C@@H]3CC[C@]2(C)CC[C@@H]1NC(=O)c1cncnc1. The highest BCUT2D eigenvalue weighted by atomic mass is 16.6. The lowest BCUT2D eigenvalue weighted by molar-refractivity contribution is -0.153. The summed E-state index contributed by atoms with van der Waals surface area (Å²) in [6.07, 6.45) is 8.69. The zero-order valence-corrected chi connectivity index (χ0v) is 15.6. The van der Waals surface area contributed by atoms with Gasteiger partial charge >= 0.3 is 5.97 Å². The third kappa shape index (κ3) is 2.70. The molecule has 7 atom stereocenters. The Hall–Kier alpha value is -1.98. The van der Waals surface area contributed by atoms with E-state index in [-0.39, 0.29) is 41.3 Å². The van der Waals surface area contributed by atoms with Crippen molar-refractivity contribution in [2.75, 3.05) is 0 Å². The molecule has 6 heteroatoms. The van der Waals surface area contributed by atoms with Crippen molar-refractivity contribution in [3.63, 3.8) is 0 Å². The van der Waals surface area contributed by atoms with Crippen molar-refractivity contribution >= 4 is 11.9 Å². The number of ether oxygens (including phenoxy) is 1. The lowest BCUT2D eigenvalue weighted by atomic mass is 9.52. The Bertz CT molecular complexity index is 710. The number of aromatic nitrogens is 2. The molecule has 1 amide bonds. The van der Waals surface area contributed by atoms with E-state index in [4.69, 9.17) is 4.74 Å². The van der Waals surface area contributed by atoms with Gasteiger partial charge in [0.15, 0.2) is 0 Å². The van der Waals surface area contributed by atoms with Gasteiger partial charge in [-0.3, -0.25) is 9.59 Å². The molecule has 140 valence electrons. The molecule has 1 N–H and O–H groups in total. The number of esters is 1. The van der Waals surface area contributed by atoms with E-state index >= 15 is 0 Å².